The highest BCUT2D eigenvalue weighted by Gasteiger charge is 2.08. The molecule has 0 fully saturated rings. The molecular weight excluding hydrogens is 344 g/mol. The lowest BCUT2D eigenvalue weighted by Crippen LogP contribution is -2.36. The zero-order valence-electron chi connectivity index (χ0n) is 15.4. The molecule has 0 aliphatic heterocycles. The van der Waals surface area contributed by atoms with Crippen molar-refractivity contribution in [2.75, 3.05) is 6.54 Å². The molecule has 2 heterocycles. The first-order valence-corrected chi connectivity index (χ1v) is 9.60. The van der Waals surface area contributed by atoms with Crippen LogP contribution in [0.1, 0.15) is 29.3 Å². The van der Waals surface area contributed by atoms with E-state index in [0.29, 0.717) is 19.0 Å². The predicted octanol–water partition coefficient (Wildman–Crippen LogP) is 4.28. The van der Waals surface area contributed by atoms with Crippen molar-refractivity contribution in [3.63, 3.8) is 0 Å². The number of guanidine groups is 1. The molecule has 3 rings (SSSR count). The van der Waals surface area contributed by atoms with E-state index in [2.05, 4.69) is 59.6 Å². The summed E-state index contributed by atoms with van der Waals surface area (Å²) in [5, 5.41) is 8.60. The summed E-state index contributed by atoms with van der Waals surface area (Å²) in [6.07, 6.45) is 1.69. The van der Waals surface area contributed by atoms with Gasteiger partial charge in [0.05, 0.1) is 23.7 Å². The van der Waals surface area contributed by atoms with Gasteiger partial charge in [0.25, 0.3) is 0 Å². The van der Waals surface area contributed by atoms with Gasteiger partial charge < -0.3 is 15.1 Å². The minimum absolute atomic E-state index is 0.563. The number of aromatic nitrogens is 1. The molecule has 0 atom stereocenters. The molecule has 136 valence electrons. The zero-order chi connectivity index (χ0) is 18.4. The van der Waals surface area contributed by atoms with Gasteiger partial charge in [0, 0.05) is 6.54 Å². The third kappa shape index (κ3) is 4.73. The van der Waals surface area contributed by atoms with Crippen LogP contribution in [0, 0.1) is 13.8 Å². The quantitative estimate of drug-likeness (QED) is 0.504. The van der Waals surface area contributed by atoms with Gasteiger partial charge in [-0.1, -0.05) is 29.8 Å². The molecule has 3 aromatic rings. The Kier molecular flexibility index (Phi) is 6.07. The number of nitrogens with one attached hydrogen (secondary N) is 2. The second-order valence-corrected chi connectivity index (χ2v) is 7.05. The highest BCUT2D eigenvalue weighted by molar-refractivity contribution is 7.13. The van der Waals surface area contributed by atoms with Crippen LogP contribution in [-0.4, -0.2) is 17.5 Å². The van der Waals surface area contributed by atoms with Crippen LogP contribution in [0.3, 0.4) is 0 Å². The molecule has 2 aromatic heterocycles. The molecule has 0 aliphatic rings. The molecule has 0 radical (unpaired) electrons. The minimum Gasteiger partial charge on any atom is -0.443 e. The van der Waals surface area contributed by atoms with Crippen molar-refractivity contribution >= 4 is 17.3 Å². The number of rotatable bonds is 6. The van der Waals surface area contributed by atoms with E-state index in [4.69, 9.17) is 4.42 Å². The van der Waals surface area contributed by atoms with Crippen LogP contribution in [-0.2, 0) is 13.1 Å². The number of thiophene rings is 1. The van der Waals surface area contributed by atoms with E-state index < -0.39 is 0 Å². The third-order valence-corrected chi connectivity index (χ3v) is 4.83. The fraction of sp³-hybridized carbons (Fsp3) is 0.300. The molecule has 1 aromatic carbocycles. The molecule has 0 aliphatic carbocycles. The fourth-order valence-corrected chi connectivity index (χ4v) is 3.26. The highest BCUT2D eigenvalue weighted by atomic mass is 32.1. The first kappa shape index (κ1) is 18.2. The van der Waals surface area contributed by atoms with E-state index in [1.165, 1.54) is 16.7 Å². The third-order valence-electron chi connectivity index (χ3n) is 3.97. The van der Waals surface area contributed by atoms with Crippen molar-refractivity contribution in [1.82, 2.24) is 15.6 Å². The van der Waals surface area contributed by atoms with Crippen LogP contribution in [0.4, 0.5) is 0 Å². The Morgan fingerprint density at radius 3 is 2.85 bits per heavy atom. The molecule has 0 bridgehead atoms. The van der Waals surface area contributed by atoms with Gasteiger partial charge in [-0.3, -0.25) is 0 Å². The smallest absolute Gasteiger partial charge is 0.236 e. The number of nitrogens with zero attached hydrogens (tertiary/aromatic N) is 2. The Morgan fingerprint density at radius 1 is 1.23 bits per heavy atom. The van der Waals surface area contributed by atoms with Gasteiger partial charge in [0.1, 0.15) is 6.26 Å². The van der Waals surface area contributed by atoms with E-state index in [-0.39, 0.29) is 0 Å². The number of hydrogen-bond acceptors (Lipinski definition) is 4. The SMILES string of the molecule is CCNC(=NCc1ccc(C)cc1C)NCc1coc(-c2cccs2)n1. The second-order valence-electron chi connectivity index (χ2n) is 6.10. The summed E-state index contributed by atoms with van der Waals surface area (Å²) in [6, 6.07) is 10.4. The highest BCUT2D eigenvalue weighted by Crippen LogP contribution is 2.23. The number of benzene rings is 1. The number of aryl methyl sites for hydroxylation is 2. The van der Waals surface area contributed by atoms with E-state index in [9.17, 15) is 0 Å². The Morgan fingerprint density at radius 2 is 2.12 bits per heavy atom. The van der Waals surface area contributed by atoms with Gasteiger partial charge >= 0.3 is 0 Å². The van der Waals surface area contributed by atoms with Gasteiger partial charge in [0.2, 0.25) is 5.89 Å². The summed E-state index contributed by atoms with van der Waals surface area (Å²) < 4.78 is 5.56. The van der Waals surface area contributed by atoms with Crippen LogP contribution in [0.2, 0.25) is 0 Å². The maximum atomic E-state index is 5.56. The summed E-state index contributed by atoms with van der Waals surface area (Å²) in [5.74, 6) is 1.43. The van der Waals surface area contributed by atoms with E-state index in [1.807, 2.05) is 17.5 Å². The van der Waals surface area contributed by atoms with Gasteiger partial charge in [-0.25, -0.2) is 9.98 Å². The Hall–Kier alpha value is -2.60. The second kappa shape index (κ2) is 8.67. The van der Waals surface area contributed by atoms with Crippen molar-refractivity contribution in [2.45, 2.75) is 33.9 Å². The average Bonchev–Trinajstić information content (AvgIpc) is 3.30. The Bertz CT molecular complexity index is 868. The maximum Gasteiger partial charge on any atom is 0.236 e. The summed E-state index contributed by atoms with van der Waals surface area (Å²) in [5.41, 5.74) is 4.62. The van der Waals surface area contributed by atoms with Crippen molar-refractivity contribution in [3.8, 4) is 10.8 Å². The standard InChI is InChI=1S/C20H24N4OS/c1-4-21-20(22-11-16-8-7-14(2)10-15(16)3)23-12-17-13-25-19(24-17)18-6-5-9-26-18/h5-10,13H,4,11-12H2,1-3H3,(H2,21,22,23). The molecule has 6 heteroatoms. The fourth-order valence-electron chi connectivity index (χ4n) is 2.61. The molecule has 0 spiro atoms. The molecule has 2 N–H and O–H groups in total. The Labute approximate surface area is 158 Å². The largest absolute Gasteiger partial charge is 0.443 e. The van der Waals surface area contributed by atoms with E-state index in [1.54, 1.807) is 17.6 Å². The molecular formula is C20H24N4OS. The molecule has 0 amide bonds. The van der Waals surface area contributed by atoms with Crippen LogP contribution in [0.15, 0.2) is 51.4 Å². The topological polar surface area (TPSA) is 62.5 Å². The number of aliphatic imine (C=N–C) groups is 1. The lowest BCUT2D eigenvalue weighted by molar-refractivity contribution is 0.573. The van der Waals surface area contributed by atoms with Crippen LogP contribution >= 0.6 is 11.3 Å². The van der Waals surface area contributed by atoms with Crippen molar-refractivity contribution in [3.05, 3.63) is 64.4 Å². The van der Waals surface area contributed by atoms with Gasteiger partial charge in [-0.2, -0.15) is 0 Å². The van der Waals surface area contributed by atoms with Gasteiger partial charge in [0.15, 0.2) is 5.96 Å². The molecule has 0 saturated carbocycles. The summed E-state index contributed by atoms with van der Waals surface area (Å²) in [6.45, 7) is 8.29. The van der Waals surface area contributed by atoms with Crippen molar-refractivity contribution in [1.29, 1.82) is 0 Å². The molecule has 26 heavy (non-hydrogen) atoms. The number of oxazole rings is 1. The van der Waals surface area contributed by atoms with Crippen LogP contribution in [0.25, 0.3) is 10.8 Å². The van der Waals surface area contributed by atoms with Gasteiger partial charge in [-0.05, 0) is 43.3 Å². The van der Waals surface area contributed by atoms with Crippen molar-refractivity contribution in [2.24, 2.45) is 4.99 Å². The molecule has 0 unspecified atom stereocenters. The summed E-state index contributed by atoms with van der Waals surface area (Å²) in [4.78, 5) is 10.2. The predicted molar refractivity (Wildman–Crippen MR) is 107 cm³/mol. The molecule has 5 nitrogen and oxygen atoms in total. The zero-order valence-corrected chi connectivity index (χ0v) is 16.2. The average molecular weight is 369 g/mol. The summed E-state index contributed by atoms with van der Waals surface area (Å²) >= 11 is 1.62. The maximum absolute atomic E-state index is 5.56. The van der Waals surface area contributed by atoms with Crippen LogP contribution < -0.4 is 10.6 Å². The normalized spacial score (nSPS) is 11.6. The van der Waals surface area contributed by atoms with E-state index in [0.717, 1.165) is 23.1 Å². The van der Waals surface area contributed by atoms with Crippen LogP contribution in [0.5, 0.6) is 0 Å². The van der Waals surface area contributed by atoms with Crippen molar-refractivity contribution < 1.29 is 4.42 Å². The summed E-state index contributed by atoms with van der Waals surface area (Å²) in [7, 11) is 0. The first-order valence-electron chi connectivity index (χ1n) is 8.72. The minimum atomic E-state index is 0.563. The number of hydrogen-bond donors (Lipinski definition) is 2. The lowest BCUT2D eigenvalue weighted by atomic mass is 10.1. The lowest BCUT2D eigenvalue weighted by Gasteiger charge is -2.11. The monoisotopic (exact) mass is 368 g/mol. The first-order chi connectivity index (χ1) is 12.7. The van der Waals surface area contributed by atoms with Gasteiger partial charge in [-0.15, -0.1) is 11.3 Å². The van der Waals surface area contributed by atoms with E-state index >= 15 is 0 Å². The Balaban J connectivity index is 1.63. The molecule has 0 saturated heterocycles.